The Morgan fingerprint density at radius 2 is 2.18 bits per heavy atom. The highest BCUT2D eigenvalue weighted by Gasteiger charge is 2.31. The van der Waals surface area contributed by atoms with E-state index in [-0.39, 0.29) is 11.9 Å². The summed E-state index contributed by atoms with van der Waals surface area (Å²) in [4.78, 5) is 16.0. The minimum absolute atomic E-state index is 0.122. The second-order valence-corrected chi connectivity index (χ2v) is 4.94. The number of nitrogens with zero attached hydrogens (tertiary/aromatic N) is 1. The maximum atomic E-state index is 12.0. The second-order valence-electron chi connectivity index (χ2n) is 4.94. The minimum Gasteiger partial charge on any atom is -0.384 e. The van der Waals surface area contributed by atoms with E-state index in [1.54, 1.807) is 18.2 Å². The fourth-order valence-electron chi connectivity index (χ4n) is 2.39. The highest BCUT2D eigenvalue weighted by atomic mass is 16.1. The summed E-state index contributed by atoms with van der Waals surface area (Å²) in [5.74, 6) is 1.46. The van der Waals surface area contributed by atoms with Crippen LogP contribution in [-0.2, 0) is 0 Å². The lowest BCUT2D eigenvalue weighted by Gasteiger charge is -2.19. The van der Waals surface area contributed by atoms with Crippen molar-refractivity contribution >= 4 is 11.7 Å². The van der Waals surface area contributed by atoms with Gasteiger partial charge in [-0.2, -0.15) is 0 Å². The standard InChI is InChI=1S/C13H19N3O/c1-8-6-7-10(9(8)2)16-13(17)11-4-3-5-12(14)15-11/h3-5,8-10H,6-7H2,1-2H3,(H2,14,15)(H,16,17). The van der Waals surface area contributed by atoms with Crippen LogP contribution in [0.4, 0.5) is 5.82 Å². The third kappa shape index (κ3) is 2.57. The predicted molar refractivity (Wildman–Crippen MR) is 67.5 cm³/mol. The minimum atomic E-state index is -0.122. The van der Waals surface area contributed by atoms with Crippen LogP contribution in [-0.4, -0.2) is 16.9 Å². The first-order chi connectivity index (χ1) is 8.08. The van der Waals surface area contributed by atoms with Gasteiger partial charge in [-0.15, -0.1) is 0 Å². The Bertz CT molecular complexity index is 419. The molecule has 0 radical (unpaired) electrons. The van der Waals surface area contributed by atoms with Gasteiger partial charge in [0.05, 0.1) is 0 Å². The van der Waals surface area contributed by atoms with Crippen LogP contribution in [0.25, 0.3) is 0 Å². The van der Waals surface area contributed by atoms with Crippen molar-refractivity contribution in [3.8, 4) is 0 Å². The smallest absolute Gasteiger partial charge is 0.270 e. The summed E-state index contributed by atoms with van der Waals surface area (Å²) in [5.41, 5.74) is 5.96. The number of amides is 1. The Balaban J connectivity index is 2.02. The number of carbonyl (C=O) groups is 1. The molecule has 3 atom stereocenters. The van der Waals surface area contributed by atoms with Crippen LogP contribution in [0.2, 0.25) is 0 Å². The number of anilines is 1. The number of nitrogens with one attached hydrogen (secondary N) is 1. The molecule has 1 saturated carbocycles. The van der Waals surface area contributed by atoms with Crippen molar-refractivity contribution < 1.29 is 4.79 Å². The zero-order valence-electron chi connectivity index (χ0n) is 10.3. The molecule has 1 aromatic heterocycles. The predicted octanol–water partition coefficient (Wildman–Crippen LogP) is 1.83. The molecule has 0 spiro atoms. The van der Waals surface area contributed by atoms with Gasteiger partial charge in [0.2, 0.25) is 0 Å². The molecular formula is C13H19N3O. The number of nitrogen functional groups attached to an aromatic ring is 1. The Hall–Kier alpha value is -1.58. The Morgan fingerprint density at radius 1 is 1.41 bits per heavy atom. The molecule has 92 valence electrons. The molecule has 3 N–H and O–H groups in total. The average molecular weight is 233 g/mol. The van der Waals surface area contributed by atoms with Crippen molar-refractivity contribution in [3.05, 3.63) is 23.9 Å². The fraction of sp³-hybridized carbons (Fsp3) is 0.538. The molecule has 1 fully saturated rings. The molecule has 4 nitrogen and oxygen atoms in total. The number of aromatic nitrogens is 1. The van der Waals surface area contributed by atoms with Gasteiger partial charge in [0, 0.05) is 6.04 Å². The summed E-state index contributed by atoms with van der Waals surface area (Å²) in [6.07, 6.45) is 2.23. The molecule has 0 saturated heterocycles. The quantitative estimate of drug-likeness (QED) is 0.818. The lowest BCUT2D eigenvalue weighted by Crippen LogP contribution is -2.37. The fourth-order valence-corrected chi connectivity index (χ4v) is 2.39. The number of rotatable bonds is 2. The summed E-state index contributed by atoms with van der Waals surface area (Å²) in [7, 11) is 0. The van der Waals surface area contributed by atoms with Crippen LogP contribution in [0.1, 0.15) is 37.2 Å². The lowest BCUT2D eigenvalue weighted by molar-refractivity contribution is 0.0922. The summed E-state index contributed by atoms with van der Waals surface area (Å²) >= 11 is 0. The van der Waals surface area contributed by atoms with Gasteiger partial charge in [0.25, 0.3) is 5.91 Å². The topological polar surface area (TPSA) is 68.0 Å². The van der Waals surface area contributed by atoms with Gasteiger partial charge in [-0.1, -0.05) is 19.9 Å². The second kappa shape index (κ2) is 4.73. The zero-order valence-corrected chi connectivity index (χ0v) is 10.3. The first-order valence-electron chi connectivity index (χ1n) is 6.11. The largest absolute Gasteiger partial charge is 0.384 e. The maximum absolute atomic E-state index is 12.0. The Labute approximate surface area is 102 Å². The van der Waals surface area contributed by atoms with E-state index < -0.39 is 0 Å². The Morgan fingerprint density at radius 3 is 2.76 bits per heavy atom. The van der Waals surface area contributed by atoms with Gasteiger partial charge in [-0.05, 0) is 36.8 Å². The third-order valence-corrected chi connectivity index (χ3v) is 3.79. The molecule has 1 aliphatic carbocycles. The van der Waals surface area contributed by atoms with Crippen molar-refractivity contribution in [2.24, 2.45) is 11.8 Å². The molecule has 4 heteroatoms. The summed E-state index contributed by atoms with van der Waals surface area (Å²) in [6.45, 7) is 4.42. The van der Waals surface area contributed by atoms with Gasteiger partial charge < -0.3 is 11.1 Å². The van der Waals surface area contributed by atoms with Crippen LogP contribution >= 0.6 is 0 Å². The first kappa shape index (κ1) is 11.9. The summed E-state index contributed by atoms with van der Waals surface area (Å²) in [5, 5.41) is 3.05. The molecule has 1 heterocycles. The number of nitrogens with two attached hydrogens (primary N) is 1. The van der Waals surface area contributed by atoms with Crippen molar-refractivity contribution in [1.82, 2.24) is 10.3 Å². The summed E-state index contributed by atoms with van der Waals surface area (Å²) < 4.78 is 0. The highest BCUT2D eigenvalue weighted by Crippen LogP contribution is 2.31. The van der Waals surface area contributed by atoms with E-state index in [4.69, 9.17) is 5.73 Å². The molecule has 2 rings (SSSR count). The van der Waals surface area contributed by atoms with Gasteiger partial charge in [0.15, 0.2) is 0 Å². The van der Waals surface area contributed by atoms with E-state index in [9.17, 15) is 4.79 Å². The van der Waals surface area contributed by atoms with Crippen molar-refractivity contribution in [1.29, 1.82) is 0 Å². The van der Waals surface area contributed by atoms with E-state index >= 15 is 0 Å². The molecule has 1 amide bonds. The average Bonchev–Trinajstić information content (AvgIpc) is 2.61. The molecule has 1 aromatic rings. The van der Waals surface area contributed by atoms with Crippen molar-refractivity contribution in [2.45, 2.75) is 32.7 Å². The Kier molecular flexibility index (Phi) is 3.31. The molecule has 0 aromatic carbocycles. The zero-order chi connectivity index (χ0) is 12.4. The number of hydrogen-bond acceptors (Lipinski definition) is 3. The van der Waals surface area contributed by atoms with Gasteiger partial charge in [-0.3, -0.25) is 4.79 Å². The van der Waals surface area contributed by atoms with E-state index in [0.717, 1.165) is 6.42 Å². The van der Waals surface area contributed by atoms with Crippen LogP contribution in [0.15, 0.2) is 18.2 Å². The number of hydrogen-bond donors (Lipinski definition) is 2. The number of pyridine rings is 1. The molecule has 17 heavy (non-hydrogen) atoms. The monoisotopic (exact) mass is 233 g/mol. The SMILES string of the molecule is CC1CCC(NC(=O)c2cccc(N)n2)C1C. The first-order valence-corrected chi connectivity index (χ1v) is 6.11. The normalized spacial score (nSPS) is 28.0. The molecule has 3 unspecified atom stereocenters. The van der Waals surface area contributed by atoms with Crippen LogP contribution in [0.5, 0.6) is 0 Å². The highest BCUT2D eigenvalue weighted by molar-refractivity contribution is 5.92. The van der Waals surface area contributed by atoms with Crippen LogP contribution in [0.3, 0.4) is 0 Å². The van der Waals surface area contributed by atoms with E-state index in [1.807, 2.05) is 0 Å². The lowest BCUT2D eigenvalue weighted by atomic mass is 9.98. The van der Waals surface area contributed by atoms with Crippen LogP contribution in [0, 0.1) is 11.8 Å². The van der Waals surface area contributed by atoms with Gasteiger partial charge in [0.1, 0.15) is 11.5 Å². The van der Waals surface area contributed by atoms with E-state index in [2.05, 4.69) is 24.1 Å². The number of carbonyl (C=O) groups excluding carboxylic acids is 1. The van der Waals surface area contributed by atoms with Gasteiger partial charge in [-0.25, -0.2) is 4.98 Å². The van der Waals surface area contributed by atoms with Gasteiger partial charge >= 0.3 is 0 Å². The van der Waals surface area contributed by atoms with Crippen molar-refractivity contribution in [2.75, 3.05) is 5.73 Å². The van der Waals surface area contributed by atoms with Crippen LogP contribution < -0.4 is 11.1 Å². The molecular weight excluding hydrogens is 214 g/mol. The summed E-state index contributed by atoms with van der Waals surface area (Å²) in [6, 6.07) is 5.38. The molecule has 0 bridgehead atoms. The molecule has 1 aliphatic rings. The van der Waals surface area contributed by atoms with E-state index in [0.29, 0.717) is 23.3 Å². The third-order valence-electron chi connectivity index (χ3n) is 3.79. The maximum Gasteiger partial charge on any atom is 0.270 e. The van der Waals surface area contributed by atoms with E-state index in [1.165, 1.54) is 6.42 Å². The van der Waals surface area contributed by atoms with Crippen molar-refractivity contribution in [3.63, 3.8) is 0 Å². The molecule has 0 aliphatic heterocycles.